The molecular weight excluding hydrogens is 390 g/mol. The first kappa shape index (κ1) is 22.5. The van der Waals surface area contributed by atoms with Gasteiger partial charge in [0.1, 0.15) is 5.75 Å². The van der Waals surface area contributed by atoms with Gasteiger partial charge in [0.2, 0.25) is 0 Å². The topological polar surface area (TPSA) is 56.8 Å². The van der Waals surface area contributed by atoms with Gasteiger partial charge >= 0.3 is 0 Å². The van der Waals surface area contributed by atoms with Crippen molar-refractivity contribution < 1.29 is 19.0 Å². The van der Waals surface area contributed by atoms with Crippen molar-refractivity contribution in [2.45, 2.75) is 46.3 Å². The highest BCUT2D eigenvalue weighted by Crippen LogP contribution is 2.31. The third-order valence-corrected chi connectivity index (χ3v) is 5.09. The number of hydrogen-bond donors (Lipinski definition) is 1. The minimum atomic E-state index is -0.572. The number of rotatable bonds is 10. The van der Waals surface area contributed by atoms with Crippen LogP contribution in [0.25, 0.3) is 10.8 Å². The Bertz CT molecular complexity index is 1020. The zero-order valence-corrected chi connectivity index (χ0v) is 18.7. The molecule has 0 aliphatic heterocycles. The Labute approximate surface area is 184 Å². The van der Waals surface area contributed by atoms with Gasteiger partial charge in [0.05, 0.1) is 19.3 Å². The second-order valence-corrected chi connectivity index (χ2v) is 7.33. The minimum Gasteiger partial charge on any atom is -0.490 e. The van der Waals surface area contributed by atoms with Gasteiger partial charge in [-0.3, -0.25) is 4.79 Å². The largest absolute Gasteiger partial charge is 0.490 e. The van der Waals surface area contributed by atoms with Crippen LogP contribution in [0.2, 0.25) is 0 Å². The highest BCUT2D eigenvalue weighted by molar-refractivity contribution is 5.84. The van der Waals surface area contributed by atoms with Gasteiger partial charge in [0.25, 0.3) is 5.91 Å². The summed E-state index contributed by atoms with van der Waals surface area (Å²) in [5, 5.41) is 5.29. The molecule has 2 atom stereocenters. The molecule has 1 N–H and O–H groups in total. The van der Waals surface area contributed by atoms with Gasteiger partial charge in [-0.1, -0.05) is 43.3 Å². The molecule has 0 heterocycles. The summed E-state index contributed by atoms with van der Waals surface area (Å²) in [7, 11) is 0. The molecule has 0 saturated heterocycles. The molecule has 0 fully saturated rings. The number of fused-ring (bicyclic) bond motifs is 1. The predicted octanol–water partition coefficient (Wildman–Crippen LogP) is 5.67. The fourth-order valence-electron chi connectivity index (χ4n) is 3.45. The van der Waals surface area contributed by atoms with Gasteiger partial charge in [0, 0.05) is 0 Å². The summed E-state index contributed by atoms with van der Waals surface area (Å²) < 4.78 is 17.4. The van der Waals surface area contributed by atoms with Crippen LogP contribution in [-0.2, 0) is 4.79 Å². The van der Waals surface area contributed by atoms with E-state index in [4.69, 9.17) is 14.2 Å². The van der Waals surface area contributed by atoms with Crippen LogP contribution >= 0.6 is 0 Å². The Morgan fingerprint density at radius 2 is 1.58 bits per heavy atom. The zero-order chi connectivity index (χ0) is 22.2. The number of hydrogen-bond acceptors (Lipinski definition) is 4. The second kappa shape index (κ2) is 10.7. The zero-order valence-electron chi connectivity index (χ0n) is 18.7. The van der Waals surface area contributed by atoms with Gasteiger partial charge in [-0.05, 0) is 67.8 Å². The number of ether oxygens (including phenoxy) is 3. The predicted molar refractivity (Wildman–Crippen MR) is 124 cm³/mol. The normalized spacial score (nSPS) is 12.8. The molecule has 0 unspecified atom stereocenters. The molecule has 5 heteroatoms. The molecule has 0 aliphatic carbocycles. The molecule has 0 aromatic heterocycles. The molecular formula is C26H31NO4. The Morgan fingerprint density at radius 3 is 2.29 bits per heavy atom. The van der Waals surface area contributed by atoms with Crippen molar-refractivity contribution in [1.82, 2.24) is 5.32 Å². The molecule has 3 aromatic carbocycles. The molecule has 3 rings (SSSR count). The van der Waals surface area contributed by atoms with Crippen LogP contribution in [0, 0.1) is 0 Å². The second-order valence-electron chi connectivity index (χ2n) is 7.33. The molecule has 0 saturated carbocycles. The first-order valence-corrected chi connectivity index (χ1v) is 10.9. The molecule has 0 spiro atoms. The molecule has 31 heavy (non-hydrogen) atoms. The van der Waals surface area contributed by atoms with Gasteiger partial charge in [-0.25, -0.2) is 0 Å². The van der Waals surface area contributed by atoms with Crippen molar-refractivity contribution in [3.63, 3.8) is 0 Å². The van der Waals surface area contributed by atoms with E-state index >= 15 is 0 Å². The van der Waals surface area contributed by atoms with Crippen molar-refractivity contribution in [2.24, 2.45) is 0 Å². The third-order valence-electron chi connectivity index (χ3n) is 5.09. The van der Waals surface area contributed by atoms with E-state index < -0.39 is 6.10 Å². The Hall–Kier alpha value is -3.21. The highest BCUT2D eigenvalue weighted by atomic mass is 16.5. The van der Waals surface area contributed by atoms with E-state index in [1.807, 2.05) is 82.3 Å². The van der Waals surface area contributed by atoms with E-state index in [2.05, 4.69) is 11.4 Å². The molecule has 3 aromatic rings. The summed E-state index contributed by atoms with van der Waals surface area (Å²) >= 11 is 0. The Morgan fingerprint density at radius 1 is 0.871 bits per heavy atom. The molecule has 0 aliphatic rings. The maximum atomic E-state index is 12.9. The summed E-state index contributed by atoms with van der Waals surface area (Å²) in [6.07, 6.45) is -0.00329. The molecule has 0 radical (unpaired) electrons. The molecule has 164 valence electrons. The molecule has 1 amide bonds. The first-order chi connectivity index (χ1) is 15.0. The molecule has 5 nitrogen and oxygen atoms in total. The standard InChI is InChI=1S/C26H31NO4/c1-5-23(31-22-14-12-19-10-8-9-11-21(19)16-22)26(28)27-18(4)20-13-15-24(29-6-2)25(17-20)30-7-3/h8-18,23H,5-7H2,1-4H3,(H,27,28)/t18-,23+/m0/s1. The lowest BCUT2D eigenvalue weighted by atomic mass is 10.1. The van der Waals surface area contributed by atoms with Crippen LogP contribution in [0.1, 0.15) is 45.7 Å². The first-order valence-electron chi connectivity index (χ1n) is 10.9. The summed E-state index contributed by atoms with van der Waals surface area (Å²) in [6, 6.07) is 19.5. The van der Waals surface area contributed by atoms with E-state index in [0.717, 1.165) is 16.3 Å². The summed E-state index contributed by atoms with van der Waals surface area (Å²) in [5.74, 6) is 1.93. The third kappa shape index (κ3) is 5.69. The highest BCUT2D eigenvalue weighted by Gasteiger charge is 2.21. The average molecular weight is 422 g/mol. The van der Waals surface area contributed by atoms with E-state index in [0.29, 0.717) is 36.9 Å². The quantitative estimate of drug-likeness (QED) is 0.458. The average Bonchev–Trinajstić information content (AvgIpc) is 2.78. The van der Waals surface area contributed by atoms with Crippen molar-refractivity contribution in [2.75, 3.05) is 13.2 Å². The Kier molecular flexibility index (Phi) is 7.76. The number of carbonyl (C=O) groups excluding carboxylic acids is 1. The van der Waals surface area contributed by atoms with Gasteiger partial charge < -0.3 is 19.5 Å². The van der Waals surface area contributed by atoms with Crippen LogP contribution in [0.4, 0.5) is 0 Å². The lowest BCUT2D eigenvalue weighted by Crippen LogP contribution is -2.39. The van der Waals surface area contributed by atoms with Crippen molar-refractivity contribution in [3.05, 3.63) is 66.2 Å². The maximum absolute atomic E-state index is 12.9. The summed E-state index contributed by atoms with van der Waals surface area (Å²) in [6.45, 7) is 8.88. The lowest BCUT2D eigenvalue weighted by molar-refractivity contribution is -0.128. The summed E-state index contributed by atoms with van der Waals surface area (Å²) in [5.41, 5.74) is 0.945. The van der Waals surface area contributed by atoms with Crippen molar-refractivity contribution in [1.29, 1.82) is 0 Å². The number of benzene rings is 3. The van der Waals surface area contributed by atoms with E-state index in [9.17, 15) is 4.79 Å². The monoisotopic (exact) mass is 421 g/mol. The van der Waals surface area contributed by atoms with Crippen molar-refractivity contribution >= 4 is 16.7 Å². The fraction of sp³-hybridized carbons (Fsp3) is 0.346. The number of amides is 1. The van der Waals surface area contributed by atoms with E-state index in [-0.39, 0.29) is 11.9 Å². The van der Waals surface area contributed by atoms with E-state index in [1.54, 1.807) is 0 Å². The number of carbonyl (C=O) groups is 1. The van der Waals surface area contributed by atoms with Crippen molar-refractivity contribution in [3.8, 4) is 17.2 Å². The smallest absolute Gasteiger partial charge is 0.261 e. The molecule has 0 bridgehead atoms. The summed E-state index contributed by atoms with van der Waals surface area (Å²) in [4.78, 5) is 12.9. The minimum absolute atomic E-state index is 0.144. The lowest BCUT2D eigenvalue weighted by Gasteiger charge is -2.22. The van der Waals surface area contributed by atoms with Gasteiger partial charge in [-0.2, -0.15) is 0 Å². The Balaban J connectivity index is 1.69. The van der Waals surface area contributed by atoms with Crippen LogP contribution in [-0.4, -0.2) is 25.2 Å². The fourth-order valence-corrected chi connectivity index (χ4v) is 3.45. The van der Waals surface area contributed by atoms with Crippen LogP contribution in [0.15, 0.2) is 60.7 Å². The van der Waals surface area contributed by atoms with Crippen LogP contribution < -0.4 is 19.5 Å². The van der Waals surface area contributed by atoms with Crippen LogP contribution in [0.5, 0.6) is 17.2 Å². The maximum Gasteiger partial charge on any atom is 0.261 e. The van der Waals surface area contributed by atoms with E-state index in [1.165, 1.54) is 0 Å². The van der Waals surface area contributed by atoms with Gasteiger partial charge in [0.15, 0.2) is 17.6 Å². The van der Waals surface area contributed by atoms with Crippen LogP contribution in [0.3, 0.4) is 0 Å². The number of nitrogens with one attached hydrogen (secondary N) is 1. The SMILES string of the molecule is CCOc1ccc([C@H](C)NC(=O)[C@@H](CC)Oc2ccc3ccccc3c2)cc1OCC. The van der Waals surface area contributed by atoms with Gasteiger partial charge in [-0.15, -0.1) is 0 Å².